The molecule has 7 nitrogen and oxygen atoms in total. The molecule has 0 aliphatic heterocycles. The highest BCUT2D eigenvalue weighted by atomic mass is 35.5. The quantitative estimate of drug-likeness (QED) is 0.388. The second-order valence-electron chi connectivity index (χ2n) is 7.13. The zero-order valence-corrected chi connectivity index (χ0v) is 18.5. The van der Waals surface area contributed by atoms with Gasteiger partial charge in [0.25, 0.3) is 10.0 Å². The van der Waals surface area contributed by atoms with Crippen LogP contribution >= 0.6 is 22.9 Å². The van der Waals surface area contributed by atoms with Gasteiger partial charge in [0.15, 0.2) is 10.3 Å². The second kappa shape index (κ2) is 10.2. The van der Waals surface area contributed by atoms with E-state index in [4.69, 9.17) is 17.3 Å². The fourth-order valence-corrected chi connectivity index (χ4v) is 5.51. The highest BCUT2D eigenvalue weighted by molar-refractivity contribution is 7.93. The third-order valence-corrected chi connectivity index (χ3v) is 7.40. The molecule has 1 aliphatic carbocycles. The molecule has 0 bridgehead atoms. The van der Waals surface area contributed by atoms with E-state index in [-0.39, 0.29) is 16.2 Å². The van der Waals surface area contributed by atoms with Crippen molar-refractivity contribution in [1.29, 1.82) is 0 Å². The number of nitrogens with two attached hydrogens (primary N) is 1. The van der Waals surface area contributed by atoms with Gasteiger partial charge in [-0.2, -0.15) is 4.39 Å². The van der Waals surface area contributed by atoms with Gasteiger partial charge in [-0.3, -0.25) is 4.72 Å². The van der Waals surface area contributed by atoms with Crippen LogP contribution in [0.25, 0.3) is 0 Å². The largest absolute Gasteiger partial charge is 0.384 e. The Morgan fingerprint density at radius 3 is 2.67 bits per heavy atom. The van der Waals surface area contributed by atoms with Crippen molar-refractivity contribution in [3.8, 4) is 0 Å². The SMILES string of the molecule is N[C@H]1CCC[C@H]1NCCCCNc1cc(F)c(S(=O)(=O)Nc2ncc(F)s2)cc1Cl. The van der Waals surface area contributed by atoms with Crippen LogP contribution in [0.4, 0.5) is 19.6 Å². The number of anilines is 2. The van der Waals surface area contributed by atoms with E-state index in [9.17, 15) is 17.2 Å². The van der Waals surface area contributed by atoms with Crippen molar-refractivity contribution in [3.05, 3.63) is 34.3 Å². The number of nitrogens with zero attached hydrogens (tertiary/aromatic N) is 1. The van der Waals surface area contributed by atoms with E-state index in [2.05, 4.69) is 15.6 Å². The van der Waals surface area contributed by atoms with E-state index < -0.39 is 25.9 Å². The Hall–Kier alpha value is -1.53. The van der Waals surface area contributed by atoms with Gasteiger partial charge in [-0.1, -0.05) is 29.4 Å². The standard InChI is InChI=1S/C18H24ClF2N5O2S2/c19-11-8-16(30(27,28)26-18-25-10-17(21)29-18)12(20)9-15(11)24-7-2-1-6-23-14-5-3-4-13(14)22/h8-10,13-14,23-24H,1-7,22H2,(H,25,26)/t13-,14+/m0/s1. The van der Waals surface area contributed by atoms with Crippen LogP contribution in [0.1, 0.15) is 32.1 Å². The molecule has 3 rings (SSSR count). The zero-order valence-electron chi connectivity index (χ0n) is 16.1. The lowest BCUT2D eigenvalue weighted by molar-refractivity contribution is 0.468. The van der Waals surface area contributed by atoms with Crippen LogP contribution in [0.5, 0.6) is 0 Å². The Morgan fingerprint density at radius 2 is 2.00 bits per heavy atom. The summed E-state index contributed by atoms with van der Waals surface area (Å²) in [6, 6.07) is 2.67. The minimum atomic E-state index is -4.29. The number of aromatic nitrogens is 1. The number of sulfonamides is 1. The molecule has 30 heavy (non-hydrogen) atoms. The molecule has 1 aliphatic rings. The summed E-state index contributed by atoms with van der Waals surface area (Å²) < 4.78 is 54.2. The molecule has 0 radical (unpaired) electrons. The van der Waals surface area contributed by atoms with Crippen molar-refractivity contribution in [1.82, 2.24) is 10.3 Å². The van der Waals surface area contributed by atoms with Gasteiger partial charge in [0, 0.05) is 18.6 Å². The molecular weight excluding hydrogens is 456 g/mol. The lowest BCUT2D eigenvalue weighted by Crippen LogP contribution is -2.41. The number of benzene rings is 1. The number of halogens is 3. The smallest absolute Gasteiger partial charge is 0.266 e. The van der Waals surface area contributed by atoms with Gasteiger partial charge in [0.2, 0.25) is 0 Å². The Morgan fingerprint density at radius 1 is 1.23 bits per heavy atom. The fourth-order valence-electron chi connectivity index (χ4n) is 3.34. The molecule has 2 atom stereocenters. The molecular formula is C18H24ClF2N5O2S2. The maximum atomic E-state index is 14.4. The summed E-state index contributed by atoms with van der Waals surface area (Å²) in [5.41, 5.74) is 6.33. The van der Waals surface area contributed by atoms with E-state index in [1.165, 1.54) is 0 Å². The van der Waals surface area contributed by atoms with Crippen LogP contribution in [0, 0.1) is 10.9 Å². The van der Waals surface area contributed by atoms with Crippen molar-refractivity contribution in [2.45, 2.75) is 49.1 Å². The predicted octanol–water partition coefficient (Wildman–Crippen LogP) is 3.54. The van der Waals surface area contributed by atoms with E-state index in [0.29, 0.717) is 29.6 Å². The van der Waals surface area contributed by atoms with Crippen LogP contribution < -0.4 is 21.1 Å². The molecule has 1 heterocycles. The van der Waals surface area contributed by atoms with Crippen LogP contribution in [0.15, 0.2) is 23.2 Å². The molecule has 12 heteroatoms. The summed E-state index contributed by atoms with van der Waals surface area (Å²) in [7, 11) is -4.29. The summed E-state index contributed by atoms with van der Waals surface area (Å²) in [6.07, 6.45) is 5.94. The molecule has 0 saturated heterocycles. The average Bonchev–Trinajstić information content (AvgIpc) is 3.27. The molecule has 2 aromatic rings. The van der Waals surface area contributed by atoms with Gasteiger partial charge in [-0.05, 0) is 44.4 Å². The monoisotopic (exact) mass is 479 g/mol. The first-order valence-corrected chi connectivity index (χ1v) is 12.3. The third-order valence-electron chi connectivity index (χ3n) is 4.91. The second-order valence-corrected chi connectivity index (χ2v) is 10.2. The zero-order chi connectivity index (χ0) is 21.7. The summed E-state index contributed by atoms with van der Waals surface area (Å²) in [6.45, 7) is 1.41. The highest BCUT2D eigenvalue weighted by Gasteiger charge is 2.24. The van der Waals surface area contributed by atoms with Gasteiger partial charge < -0.3 is 16.4 Å². The minimum Gasteiger partial charge on any atom is -0.384 e. The van der Waals surface area contributed by atoms with E-state index >= 15 is 0 Å². The van der Waals surface area contributed by atoms with Crippen molar-refractivity contribution >= 4 is 43.8 Å². The van der Waals surface area contributed by atoms with E-state index in [1.807, 2.05) is 4.72 Å². The molecule has 0 unspecified atom stereocenters. The number of unbranched alkanes of at least 4 members (excludes halogenated alkanes) is 1. The highest BCUT2D eigenvalue weighted by Crippen LogP contribution is 2.30. The Bertz CT molecular complexity index is 973. The van der Waals surface area contributed by atoms with E-state index in [0.717, 1.165) is 57.0 Å². The molecule has 0 amide bonds. The van der Waals surface area contributed by atoms with Crippen LogP contribution in [0.2, 0.25) is 5.02 Å². The normalized spacial score (nSPS) is 19.2. The number of hydrogen-bond donors (Lipinski definition) is 4. The minimum absolute atomic E-state index is 0.0668. The van der Waals surface area contributed by atoms with Crippen molar-refractivity contribution in [2.75, 3.05) is 23.1 Å². The van der Waals surface area contributed by atoms with Crippen molar-refractivity contribution < 1.29 is 17.2 Å². The lowest BCUT2D eigenvalue weighted by Gasteiger charge is -2.17. The lowest BCUT2D eigenvalue weighted by atomic mass is 10.2. The Labute approximate surface area is 183 Å². The van der Waals surface area contributed by atoms with Crippen LogP contribution in [-0.2, 0) is 10.0 Å². The van der Waals surface area contributed by atoms with Crippen molar-refractivity contribution in [3.63, 3.8) is 0 Å². The van der Waals surface area contributed by atoms with Gasteiger partial charge in [0.1, 0.15) is 10.7 Å². The maximum Gasteiger partial charge on any atom is 0.266 e. The molecule has 1 saturated carbocycles. The summed E-state index contributed by atoms with van der Waals surface area (Å²) >= 11 is 6.64. The van der Waals surface area contributed by atoms with Gasteiger partial charge >= 0.3 is 0 Å². The van der Waals surface area contributed by atoms with E-state index in [1.54, 1.807) is 0 Å². The Balaban J connectivity index is 1.51. The van der Waals surface area contributed by atoms with Gasteiger partial charge in [0.05, 0.1) is 16.9 Å². The molecule has 1 aromatic heterocycles. The maximum absolute atomic E-state index is 14.4. The first-order chi connectivity index (χ1) is 14.3. The topological polar surface area (TPSA) is 109 Å². The summed E-state index contributed by atoms with van der Waals surface area (Å²) in [4.78, 5) is 2.93. The predicted molar refractivity (Wildman–Crippen MR) is 116 cm³/mol. The molecule has 5 N–H and O–H groups in total. The van der Waals surface area contributed by atoms with Crippen LogP contribution in [-0.4, -0.2) is 38.6 Å². The Kier molecular flexibility index (Phi) is 7.86. The van der Waals surface area contributed by atoms with Gasteiger partial charge in [-0.25, -0.2) is 17.8 Å². The van der Waals surface area contributed by atoms with Crippen molar-refractivity contribution in [2.24, 2.45) is 5.73 Å². The first-order valence-electron chi connectivity index (χ1n) is 9.62. The number of hydrogen-bond acceptors (Lipinski definition) is 7. The third kappa shape index (κ3) is 6.01. The molecule has 0 spiro atoms. The fraction of sp³-hybridized carbons (Fsp3) is 0.500. The number of nitrogens with one attached hydrogen (secondary N) is 3. The number of thiazole rings is 1. The van der Waals surface area contributed by atoms with Gasteiger partial charge in [-0.15, -0.1) is 0 Å². The summed E-state index contributed by atoms with van der Waals surface area (Å²) in [5, 5.41) is 5.69. The number of rotatable bonds is 10. The first kappa shape index (κ1) is 23.1. The summed E-state index contributed by atoms with van der Waals surface area (Å²) in [5.74, 6) is -0.969. The molecule has 166 valence electrons. The molecule has 1 aromatic carbocycles. The van der Waals surface area contributed by atoms with Crippen LogP contribution in [0.3, 0.4) is 0 Å². The molecule has 1 fully saturated rings. The average molecular weight is 480 g/mol.